The highest BCUT2D eigenvalue weighted by molar-refractivity contribution is 5.98. The minimum Gasteiger partial charge on any atom is -0.310 e. The van der Waals surface area contributed by atoms with Gasteiger partial charge in [0.25, 0.3) is 0 Å². The number of halogens is 1. The number of nitrogens with zero attached hydrogens (tertiary/aromatic N) is 2. The molecule has 1 amide bonds. The molecule has 5 heteroatoms. The first-order valence-electron chi connectivity index (χ1n) is 5.39. The number of amides is 1. The second kappa shape index (κ2) is 4.93. The van der Waals surface area contributed by atoms with Gasteiger partial charge in [-0.3, -0.25) is 4.79 Å². The molecule has 1 unspecified atom stereocenters. The first kappa shape index (κ1) is 11.6. The Labute approximate surface area is 98.6 Å². The van der Waals surface area contributed by atoms with E-state index in [0.29, 0.717) is 18.8 Å². The quantitative estimate of drug-likeness (QED) is 0.830. The van der Waals surface area contributed by atoms with Gasteiger partial charge in [0.05, 0.1) is 12.5 Å². The maximum absolute atomic E-state index is 12.8. The second-order valence-electron chi connectivity index (χ2n) is 3.84. The number of anilines is 1. The molecule has 0 aromatic heterocycles. The summed E-state index contributed by atoms with van der Waals surface area (Å²) in [6.45, 7) is 1.17. The Balaban J connectivity index is 2.18. The lowest BCUT2D eigenvalue weighted by atomic mass is 10.1. The molecule has 88 valence electrons. The van der Waals surface area contributed by atoms with Crippen LogP contribution in [0.3, 0.4) is 0 Å². The smallest absolute Gasteiger partial charge is 0.245 e. The van der Waals surface area contributed by atoms with E-state index in [1.54, 1.807) is 17.0 Å². The van der Waals surface area contributed by atoms with Crippen LogP contribution in [0.25, 0.3) is 0 Å². The van der Waals surface area contributed by atoms with Crippen molar-refractivity contribution in [3.05, 3.63) is 30.1 Å². The Morgan fingerprint density at radius 3 is 2.82 bits per heavy atom. The molecule has 0 radical (unpaired) electrons. The van der Waals surface area contributed by atoms with Crippen molar-refractivity contribution in [3.8, 4) is 6.07 Å². The third-order valence-electron chi connectivity index (χ3n) is 2.72. The van der Waals surface area contributed by atoms with Crippen molar-refractivity contribution >= 4 is 11.6 Å². The third kappa shape index (κ3) is 2.43. The van der Waals surface area contributed by atoms with E-state index >= 15 is 0 Å². The van der Waals surface area contributed by atoms with Crippen molar-refractivity contribution in [3.63, 3.8) is 0 Å². The lowest BCUT2D eigenvalue weighted by Crippen LogP contribution is -2.55. The van der Waals surface area contributed by atoms with Gasteiger partial charge in [-0.2, -0.15) is 5.26 Å². The first-order chi connectivity index (χ1) is 8.22. The minimum absolute atomic E-state index is 0.135. The van der Waals surface area contributed by atoms with Crippen LogP contribution >= 0.6 is 0 Å². The molecule has 1 heterocycles. The normalized spacial score (nSPS) is 20.1. The van der Waals surface area contributed by atoms with Gasteiger partial charge in [0, 0.05) is 18.8 Å². The van der Waals surface area contributed by atoms with Crippen molar-refractivity contribution < 1.29 is 9.18 Å². The van der Waals surface area contributed by atoms with Gasteiger partial charge >= 0.3 is 0 Å². The standard InChI is InChI=1S/C12H12FN3O/c13-9-1-3-10(4-2-9)16-8-7-15-11(5-6-14)12(16)17/h1-4,11,15H,5,7-8H2. The molecule has 1 atom stereocenters. The number of piperazine rings is 1. The van der Waals surface area contributed by atoms with Crippen molar-refractivity contribution in [2.45, 2.75) is 12.5 Å². The van der Waals surface area contributed by atoms with Crippen LogP contribution in [0.5, 0.6) is 0 Å². The summed E-state index contributed by atoms with van der Waals surface area (Å²) in [5, 5.41) is 11.6. The Morgan fingerprint density at radius 1 is 1.47 bits per heavy atom. The highest BCUT2D eigenvalue weighted by Gasteiger charge is 2.28. The fourth-order valence-corrected chi connectivity index (χ4v) is 1.86. The Kier molecular flexibility index (Phi) is 3.35. The summed E-state index contributed by atoms with van der Waals surface area (Å²) in [5.41, 5.74) is 0.667. The molecule has 1 aliphatic heterocycles. The number of hydrogen-bond donors (Lipinski definition) is 1. The van der Waals surface area contributed by atoms with Crippen LogP contribution in [0.2, 0.25) is 0 Å². The molecule has 0 aliphatic carbocycles. The summed E-state index contributed by atoms with van der Waals surface area (Å²) in [5.74, 6) is -0.464. The molecule has 1 aromatic rings. The SMILES string of the molecule is N#CCC1NCCN(c2ccc(F)cc2)C1=O. The molecule has 1 aliphatic rings. The minimum atomic E-state index is -0.459. The molecule has 1 aromatic carbocycles. The van der Waals surface area contributed by atoms with Crippen LogP contribution in [0.1, 0.15) is 6.42 Å². The zero-order valence-electron chi connectivity index (χ0n) is 9.19. The summed E-state index contributed by atoms with van der Waals surface area (Å²) in [7, 11) is 0. The van der Waals surface area contributed by atoms with Gasteiger partial charge in [0.1, 0.15) is 11.9 Å². The van der Waals surface area contributed by atoms with E-state index in [1.165, 1.54) is 12.1 Å². The Morgan fingerprint density at radius 2 is 2.18 bits per heavy atom. The fraction of sp³-hybridized carbons (Fsp3) is 0.333. The molecule has 2 rings (SSSR count). The second-order valence-corrected chi connectivity index (χ2v) is 3.84. The fourth-order valence-electron chi connectivity index (χ4n) is 1.86. The molecule has 0 bridgehead atoms. The maximum atomic E-state index is 12.8. The number of rotatable bonds is 2. The Hall–Kier alpha value is -1.93. The van der Waals surface area contributed by atoms with E-state index in [-0.39, 0.29) is 18.1 Å². The highest BCUT2D eigenvalue weighted by Crippen LogP contribution is 2.18. The van der Waals surface area contributed by atoms with Crippen LogP contribution in [0, 0.1) is 17.1 Å². The number of carbonyl (C=O) groups is 1. The van der Waals surface area contributed by atoms with Gasteiger partial charge in [-0.05, 0) is 24.3 Å². The van der Waals surface area contributed by atoms with Gasteiger partial charge < -0.3 is 10.2 Å². The molecule has 1 N–H and O–H groups in total. The number of nitrogens with one attached hydrogen (secondary N) is 1. The zero-order valence-corrected chi connectivity index (χ0v) is 9.19. The zero-order chi connectivity index (χ0) is 12.3. The predicted octanol–water partition coefficient (Wildman–Crippen LogP) is 1.04. The largest absolute Gasteiger partial charge is 0.310 e. The van der Waals surface area contributed by atoms with Gasteiger partial charge in [0.15, 0.2) is 0 Å². The van der Waals surface area contributed by atoms with Crippen molar-refractivity contribution in [2.75, 3.05) is 18.0 Å². The van der Waals surface area contributed by atoms with Gasteiger partial charge in [-0.15, -0.1) is 0 Å². The summed E-state index contributed by atoms with van der Waals surface area (Å²) in [6, 6.07) is 7.31. The van der Waals surface area contributed by atoms with Crippen molar-refractivity contribution in [1.29, 1.82) is 5.26 Å². The van der Waals surface area contributed by atoms with Crippen molar-refractivity contribution in [1.82, 2.24) is 5.32 Å². The van der Waals surface area contributed by atoms with Crippen molar-refractivity contribution in [2.24, 2.45) is 0 Å². The molecule has 1 saturated heterocycles. The molecule has 0 saturated carbocycles. The van der Waals surface area contributed by atoms with E-state index in [1.807, 2.05) is 6.07 Å². The van der Waals surface area contributed by atoms with Gasteiger partial charge in [-0.25, -0.2) is 4.39 Å². The molecule has 4 nitrogen and oxygen atoms in total. The van der Waals surface area contributed by atoms with Crippen LogP contribution in [0.15, 0.2) is 24.3 Å². The lowest BCUT2D eigenvalue weighted by molar-refractivity contribution is -0.121. The maximum Gasteiger partial charge on any atom is 0.245 e. The number of nitriles is 1. The molecular weight excluding hydrogens is 221 g/mol. The molecule has 17 heavy (non-hydrogen) atoms. The third-order valence-corrected chi connectivity index (χ3v) is 2.72. The van der Waals surface area contributed by atoms with Crippen LogP contribution < -0.4 is 10.2 Å². The van der Waals surface area contributed by atoms with Crippen LogP contribution in [0.4, 0.5) is 10.1 Å². The summed E-state index contributed by atoms with van der Waals surface area (Å²) < 4.78 is 12.8. The first-order valence-corrected chi connectivity index (χ1v) is 5.39. The van der Waals surface area contributed by atoms with Gasteiger partial charge in [0.2, 0.25) is 5.91 Å². The number of benzene rings is 1. The molecule has 0 spiro atoms. The summed E-state index contributed by atoms with van der Waals surface area (Å²) >= 11 is 0. The molecule has 1 fully saturated rings. The molecular formula is C12H12FN3O. The average Bonchev–Trinajstić information content (AvgIpc) is 2.34. The topological polar surface area (TPSA) is 56.1 Å². The Bertz CT molecular complexity index is 452. The van der Waals surface area contributed by atoms with E-state index in [9.17, 15) is 9.18 Å². The van der Waals surface area contributed by atoms with Crippen LogP contribution in [-0.2, 0) is 4.79 Å². The van der Waals surface area contributed by atoms with Gasteiger partial charge in [-0.1, -0.05) is 0 Å². The van der Waals surface area contributed by atoms with E-state index in [2.05, 4.69) is 5.32 Å². The lowest BCUT2D eigenvalue weighted by Gasteiger charge is -2.32. The van der Waals surface area contributed by atoms with E-state index in [4.69, 9.17) is 5.26 Å². The van der Waals surface area contributed by atoms with Crippen LogP contribution in [-0.4, -0.2) is 25.0 Å². The predicted molar refractivity (Wildman–Crippen MR) is 60.8 cm³/mol. The summed E-state index contributed by atoms with van der Waals surface area (Å²) in [4.78, 5) is 13.6. The number of carbonyl (C=O) groups excluding carboxylic acids is 1. The number of hydrogen-bond acceptors (Lipinski definition) is 3. The summed E-state index contributed by atoms with van der Waals surface area (Å²) in [6.07, 6.45) is 0.149. The monoisotopic (exact) mass is 233 g/mol. The average molecular weight is 233 g/mol. The van der Waals surface area contributed by atoms with E-state index < -0.39 is 6.04 Å². The highest BCUT2D eigenvalue weighted by atomic mass is 19.1. The van der Waals surface area contributed by atoms with E-state index in [0.717, 1.165) is 0 Å².